The molecule has 94 valence electrons. The van der Waals surface area contributed by atoms with Gasteiger partial charge in [-0.2, -0.15) is 4.39 Å². The zero-order valence-corrected chi connectivity index (χ0v) is 11.0. The molecule has 0 amide bonds. The normalized spacial score (nSPS) is 13.6. The number of hydrogen-bond donors (Lipinski definition) is 0. The molecule has 1 unspecified atom stereocenters. The summed E-state index contributed by atoms with van der Waals surface area (Å²) in [6.45, 7) is 3.69. The van der Waals surface area contributed by atoms with Gasteiger partial charge in [0.2, 0.25) is 0 Å². The van der Waals surface area contributed by atoms with Crippen LogP contribution in [0.2, 0.25) is 0 Å². The topological polar surface area (TPSA) is 30.2 Å². The number of benzene rings is 1. The average molecular weight is 264 g/mol. The summed E-state index contributed by atoms with van der Waals surface area (Å²) in [6, 6.07) is 10.3. The molecule has 0 N–H and O–H groups in total. The highest BCUT2D eigenvalue weighted by atomic mass is 32.2. The van der Waals surface area contributed by atoms with E-state index < -0.39 is 16.0 Å². The first kappa shape index (κ1) is 12.8. The molecule has 0 saturated heterocycles. The fourth-order valence-corrected chi connectivity index (χ4v) is 2.30. The third-order valence-electron chi connectivity index (χ3n) is 2.43. The van der Waals surface area contributed by atoms with Gasteiger partial charge in [0.1, 0.15) is 22.3 Å². The molecular weight excluding hydrogens is 251 g/mol. The van der Waals surface area contributed by atoms with Crippen molar-refractivity contribution in [2.45, 2.75) is 18.7 Å². The Hall–Kier alpha value is -1.68. The summed E-state index contributed by atoms with van der Waals surface area (Å²) in [7, 11) is -1.79. The van der Waals surface area contributed by atoms with Gasteiger partial charge in [-0.3, -0.25) is 0 Å². The van der Waals surface area contributed by atoms with Crippen molar-refractivity contribution in [2.75, 3.05) is 0 Å². The Labute approximate surface area is 108 Å². The Balaban J connectivity index is 2.23. The molecule has 4 heteroatoms. The fourth-order valence-electron chi connectivity index (χ4n) is 1.47. The van der Waals surface area contributed by atoms with Gasteiger partial charge in [-0.1, -0.05) is 17.7 Å². The summed E-state index contributed by atoms with van der Waals surface area (Å²) in [6.07, 6.45) is 1.16. The van der Waals surface area contributed by atoms with Crippen LogP contribution >= 0.6 is 0 Å². The molecule has 2 nitrogen and oxygen atoms in total. The Kier molecular flexibility index (Phi) is 3.77. The van der Waals surface area contributed by atoms with E-state index >= 15 is 0 Å². The summed E-state index contributed by atoms with van der Waals surface area (Å²) < 4.78 is 30.9. The molecule has 0 bridgehead atoms. The van der Waals surface area contributed by atoms with Crippen LogP contribution in [0.25, 0.3) is 6.08 Å². The van der Waals surface area contributed by atoms with E-state index in [1.54, 1.807) is 43.3 Å². The second-order valence-corrected chi connectivity index (χ2v) is 5.38. The van der Waals surface area contributed by atoms with Crippen LogP contribution in [-0.2, 0) is 10.8 Å². The van der Waals surface area contributed by atoms with Crippen molar-refractivity contribution >= 4 is 16.9 Å². The van der Waals surface area contributed by atoms with Crippen molar-refractivity contribution in [3.05, 3.63) is 58.6 Å². The zero-order chi connectivity index (χ0) is 13.1. The maximum Gasteiger partial charge on any atom is 0.195 e. The number of rotatable bonds is 3. The van der Waals surface area contributed by atoms with Crippen LogP contribution in [0, 0.1) is 13.8 Å². The van der Waals surface area contributed by atoms with Crippen LogP contribution in [0.4, 0.5) is 4.39 Å². The summed E-state index contributed by atoms with van der Waals surface area (Å²) in [5, 5.41) is -0.715. The molecule has 0 saturated carbocycles. The second kappa shape index (κ2) is 5.31. The van der Waals surface area contributed by atoms with Crippen LogP contribution in [0.3, 0.4) is 0 Å². The van der Waals surface area contributed by atoms with E-state index in [2.05, 4.69) is 0 Å². The molecule has 0 fully saturated rings. The van der Waals surface area contributed by atoms with Crippen molar-refractivity contribution in [2.24, 2.45) is 0 Å². The monoisotopic (exact) mass is 264 g/mol. The molecule has 1 atom stereocenters. The zero-order valence-electron chi connectivity index (χ0n) is 10.1. The van der Waals surface area contributed by atoms with Gasteiger partial charge in [0.05, 0.1) is 0 Å². The summed E-state index contributed by atoms with van der Waals surface area (Å²) >= 11 is 0. The lowest BCUT2D eigenvalue weighted by molar-refractivity contribution is 0.523. The molecule has 0 aliphatic carbocycles. The summed E-state index contributed by atoms with van der Waals surface area (Å²) in [5.41, 5.74) is 1.04. The average Bonchev–Trinajstić information content (AvgIpc) is 2.75. The first-order chi connectivity index (χ1) is 8.56. The number of halogens is 1. The van der Waals surface area contributed by atoms with E-state index in [1.165, 1.54) is 0 Å². The van der Waals surface area contributed by atoms with Crippen LogP contribution in [0.1, 0.15) is 17.1 Å². The van der Waals surface area contributed by atoms with E-state index in [9.17, 15) is 8.60 Å². The van der Waals surface area contributed by atoms with E-state index in [4.69, 9.17) is 4.42 Å². The van der Waals surface area contributed by atoms with E-state index in [1.807, 2.05) is 6.92 Å². The summed E-state index contributed by atoms with van der Waals surface area (Å²) in [5.74, 6) is 1.06. The highest BCUT2D eigenvalue weighted by Gasteiger charge is 2.10. The van der Waals surface area contributed by atoms with E-state index in [0.29, 0.717) is 16.4 Å². The van der Waals surface area contributed by atoms with Gasteiger partial charge in [-0.15, -0.1) is 0 Å². The lowest BCUT2D eigenvalue weighted by Gasteiger charge is -1.99. The van der Waals surface area contributed by atoms with Gasteiger partial charge in [-0.25, -0.2) is 4.21 Å². The minimum atomic E-state index is -1.79. The second-order valence-electron chi connectivity index (χ2n) is 3.98. The maximum absolute atomic E-state index is 13.8. The largest absolute Gasteiger partial charge is 0.462 e. The third kappa shape index (κ3) is 2.96. The lowest BCUT2D eigenvalue weighted by Crippen LogP contribution is -1.91. The third-order valence-corrected chi connectivity index (χ3v) is 3.60. The van der Waals surface area contributed by atoms with Crippen LogP contribution in [0.15, 0.2) is 50.9 Å². The minimum Gasteiger partial charge on any atom is -0.462 e. The van der Waals surface area contributed by atoms with E-state index in [0.717, 1.165) is 11.6 Å². The molecule has 1 aromatic carbocycles. The molecule has 1 heterocycles. The van der Waals surface area contributed by atoms with Gasteiger partial charge in [0.25, 0.3) is 0 Å². The Morgan fingerprint density at radius 1 is 1.17 bits per heavy atom. The molecule has 0 radical (unpaired) electrons. The molecule has 18 heavy (non-hydrogen) atoms. The molecule has 0 aliphatic heterocycles. The SMILES string of the molecule is Cc1ccc(S(=O)/C(F)=C\c2ccc(C)o2)cc1. The van der Waals surface area contributed by atoms with Gasteiger partial charge >= 0.3 is 0 Å². The quantitative estimate of drug-likeness (QED) is 0.839. The first-order valence-corrected chi connectivity index (χ1v) is 6.63. The van der Waals surface area contributed by atoms with Gasteiger partial charge in [0.15, 0.2) is 5.16 Å². The number of furan rings is 1. The van der Waals surface area contributed by atoms with Crippen LogP contribution in [-0.4, -0.2) is 4.21 Å². The molecule has 2 aromatic rings. The standard InChI is InChI=1S/C14H13FO2S/c1-10-3-7-13(8-4-10)18(16)14(15)9-12-6-5-11(2)17-12/h3-9H,1-2H3/b14-9-. The van der Waals surface area contributed by atoms with Crippen molar-refractivity contribution in [1.29, 1.82) is 0 Å². The lowest BCUT2D eigenvalue weighted by atomic mass is 10.2. The van der Waals surface area contributed by atoms with Crippen molar-refractivity contribution in [3.63, 3.8) is 0 Å². The fraction of sp³-hybridized carbons (Fsp3) is 0.143. The predicted octanol–water partition coefficient (Wildman–Crippen LogP) is 3.97. The van der Waals surface area contributed by atoms with Crippen LogP contribution < -0.4 is 0 Å². The minimum absolute atomic E-state index is 0.366. The van der Waals surface area contributed by atoms with Crippen LogP contribution in [0.5, 0.6) is 0 Å². The number of aryl methyl sites for hydroxylation is 2. The summed E-state index contributed by atoms with van der Waals surface area (Å²) in [4.78, 5) is 0.442. The smallest absolute Gasteiger partial charge is 0.195 e. The molecule has 0 spiro atoms. The molecular formula is C14H13FO2S. The maximum atomic E-state index is 13.8. The van der Waals surface area contributed by atoms with Gasteiger partial charge in [-0.05, 0) is 38.1 Å². The molecule has 2 rings (SSSR count). The highest BCUT2D eigenvalue weighted by molar-refractivity contribution is 7.89. The van der Waals surface area contributed by atoms with Crippen molar-refractivity contribution < 1.29 is 13.0 Å². The Morgan fingerprint density at radius 3 is 2.39 bits per heavy atom. The van der Waals surface area contributed by atoms with Gasteiger partial charge in [0, 0.05) is 11.0 Å². The van der Waals surface area contributed by atoms with Crippen molar-refractivity contribution in [3.8, 4) is 0 Å². The van der Waals surface area contributed by atoms with E-state index in [-0.39, 0.29) is 0 Å². The predicted molar refractivity (Wildman–Crippen MR) is 70.1 cm³/mol. The Bertz CT molecular complexity index is 597. The Morgan fingerprint density at radius 2 is 1.83 bits per heavy atom. The first-order valence-electron chi connectivity index (χ1n) is 5.48. The highest BCUT2D eigenvalue weighted by Crippen LogP contribution is 2.19. The number of hydrogen-bond acceptors (Lipinski definition) is 2. The molecule has 1 aromatic heterocycles. The molecule has 0 aliphatic rings. The van der Waals surface area contributed by atoms with Crippen molar-refractivity contribution in [1.82, 2.24) is 0 Å². The van der Waals surface area contributed by atoms with Gasteiger partial charge < -0.3 is 4.42 Å².